The van der Waals surface area contributed by atoms with Crippen LogP contribution in [0.4, 0.5) is 5.69 Å². The van der Waals surface area contributed by atoms with Gasteiger partial charge in [0, 0.05) is 11.9 Å². The van der Waals surface area contributed by atoms with Gasteiger partial charge in [0.25, 0.3) is 0 Å². The number of hydrogen-bond acceptors (Lipinski definition) is 2. The lowest BCUT2D eigenvalue weighted by Gasteiger charge is -2.08. The molecule has 1 fully saturated rings. The van der Waals surface area contributed by atoms with Crippen LogP contribution < -0.4 is 11.1 Å². The Labute approximate surface area is 160 Å². The molecule has 0 aliphatic heterocycles. The second kappa shape index (κ2) is 9.05. The first kappa shape index (κ1) is 18.8. The van der Waals surface area contributed by atoms with Gasteiger partial charge < -0.3 is 11.1 Å². The number of nitrogens with zero attached hydrogens (tertiary/aromatic N) is 3. The van der Waals surface area contributed by atoms with E-state index in [1.54, 1.807) is 0 Å². The van der Waals surface area contributed by atoms with Gasteiger partial charge in [-0.25, -0.2) is 4.99 Å². The van der Waals surface area contributed by atoms with Crippen LogP contribution in [0.3, 0.4) is 0 Å². The highest BCUT2D eigenvalue weighted by atomic mass is 127. The summed E-state index contributed by atoms with van der Waals surface area (Å²) in [5, 5.41) is 7.77. The molecule has 3 rings (SSSR count). The van der Waals surface area contributed by atoms with Crippen LogP contribution in [-0.2, 0) is 13.0 Å². The summed E-state index contributed by atoms with van der Waals surface area (Å²) in [7, 11) is 0. The molecule has 6 heteroatoms. The molecule has 130 valence electrons. The van der Waals surface area contributed by atoms with Gasteiger partial charge in [0.1, 0.15) is 0 Å². The van der Waals surface area contributed by atoms with E-state index in [1.807, 2.05) is 18.2 Å². The molecule has 1 aromatic heterocycles. The Balaban J connectivity index is 0.00000208. The van der Waals surface area contributed by atoms with E-state index in [-0.39, 0.29) is 24.0 Å². The normalized spacial score (nSPS) is 15.3. The van der Waals surface area contributed by atoms with E-state index in [9.17, 15) is 0 Å². The third-order valence-corrected chi connectivity index (χ3v) is 4.38. The van der Waals surface area contributed by atoms with Crippen LogP contribution in [0.25, 0.3) is 0 Å². The van der Waals surface area contributed by atoms with E-state index >= 15 is 0 Å². The van der Waals surface area contributed by atoms with E-state index in [0.717, 1.165) is 17.8 Å². The average molecular weight is 439 g/mol. The second-order valence-electron chi connectivity index (χ2n) is 6.11. The van der Waals surface area contributed by atoms with Crippen molar-refractivity contribution in [2.45, 2.75) is 51.6 Å². The Hall–Kier alpha value is -1.57. The number of guanidine groups is 1. The van der Waals surface area contributed by atoms with Crippen LogP contribution in [0.2, 0.25) is 0 Å². The molecule has 1 heterocycles. The molecule has 1 aromatic carbocycles. The van der Waals surface area contributed by atoms with E-state index in [2.05, 4.69) is 45.3 Å². The summed E-state index contributed by atoms with van der Waals surface area (Å²) in [5.74, 6) is 0.425. The van der Waals surface area contributed by atoms with Crippen molar-refractivity contribution in [1.82, 2.24) is 9.78 Å². The average Bonchev–Trinajstić information content (AvgIpc) is 3.24. The van der Waals surface area contributed by atoms with Crippen LogP contribution in [0.5, 0.6) is 0 Å². The highest BCUT2D eigenvalue weighted by molar-refractivity contribution is 14.0. The molecule has 0 unspecified atom stereocenters. The first-order chi connectivity index (χ1) is 11.2. The number of nitrogens with one attached hydrogen (secondary N) is 1. The molecule has 0 bridgehead atoms. The SMILES string of the molecule is CCc1cccc(NC(N)=NCc2ccn(C3CCCC3)n2)c1.I. The summed E-state index contributed by atoms with van der Waals surface area (Å²) < 4.78 is 2.09. The maximum atomic E-state index is 5.98. The Bertz CT molecular complexity index is 674. The number of aryl methyl sites for hydroxylation is 1. The molecule has 3 N–H and O–H groups in total. The molecule has 1 aliphatic rings. The molecule has 1 aliphatic carbocycles. The van der Waals surface area contributed by atoms with E-state index in [0.29, 0.717) is 18.5 Å². The van der Waals surface area contributed by atoms with Crippen LogP contribution >= 0.6 is 24.0 Å². The fraction of sp³-hybridized carbons (Fsp3) is 0.444. The first-order valence-corrected chi connectivity index (χ1v) is 8.44. The molecule has 0 spiro atoms. The van der Waals surface area contributed by atoms with Crippen molar-refractivity contribution in [3.8, 4) is 0 Å². The predicted octanol–water partition coefficient (Wildman–Crippen LogP) is 4.11. The minimum atomic E-state index is 0. The molecular weight excluding hydrogens is 413 g/mol. The maximum Gasteiger partial charge on any atom is 0.193 e. The molecule has 0 radical (unpaired) electrons. The summed E-state index contributed by atoms with van der Waals surface area (Å²) >= 11 is 0. The van der Waals surface area contributed by atoms with Crippen molar-refractivity contribution in [2.24, 2.45) is 10.7 Å². The lowest BCUT2D eigenvalue weighted by atomic mass is 10.1. The number of benzene rings is 1. The summed E-state index contributed by atoms with van der Waals surface area (Å²) in [6.45, 7) is 2.64. The van der Waals surface area contributed by atoms with Gasteiger partial charge in [-0.15, -0.1) is 24.0 Å². The van der Waals surface area contributed by atoms with Crippen molar-refractivity contribution in [1.29, 1.82) is 0 Å². The predicted molar refractivity (Wildman–Crippen MR) is 110 cm³/mol. The monoisotopic (exact) mass is 439 g/mol. The minimum absolute atomic E-state index is 0. The summed E-state index contributed by atoms with van der Waals surface area (Å²) in [4.78, 5) is 4.39. The third-order valence-electron chi connectivity index (χ3n) is 4.38. The summed E-state index contributed by atoms with van der Waals surface area (Å²) in [6.07, 6.45) is 8.17. The van der Waals surface area contributed by atoms with Gasteiger partial charge in [0.05, 0.1) is 18.3 Å². The molecule has 0 atom stereocenters. The lowest BCUT2D eigenvalue weighted by Crippen LogP contribution is -2.22. The number of aliphatic imine (C=N–C) groups is 1. The molecule has 0 saturated heterocycles. The second-order valence-corrected chi connectivity index (χ2v) is 6.11. The third kappa shape index (κ3) is 4.96. The standard InChI is InChI=1S/C18H25N5.HI/c1-2-14-6-5-7-15(12-14)21-18(19)20-13-16-10-11-23(22-16)17-8-3-4-9-17;/h5-7,10-12,17H,2-4,8-9,13H2,1H3,(H3,19,20,21);1H. The zero-order valence-corrected chi connectivity index (χ0v) is 16.4. The van der Waals surface area contributed by atoms with Crippen molar-refractivity contribution in [2.75, 3.05) is 5.32 Å². The van der Waals surface area contributed by atoms with Crippen LogP contribution in [-0.4, -0.2) is 15.7 Å². The Morgan fingerprint density at radius 2 is 2.12 bits per heavy atom. The number of nitrogens with two attached hydrogens (primary N) is 1. The number of aromatic nitrogens is 2. The Morgan fingerprint density at radius 1 is 1.33 bits per heavy atom. The molecule has 24 heavy (non-hydrogen) atoms. The molecule has 0 amide bonds. The van der Waals surface area contributed by atoms with Crippen molar-refractivity contribution in [3.05, 3.63) is 47.8 Å². The first-order valence-electron chi connectivity index (χ1n) is 8.44. The lowest BCUT2D eigenvalue weighted by molar-refractivity contribution is 0.463. The van der Waals surface area contributed by atoms with Gasteiger partial charge in [0.2, 0.25) is 0 Å². The van der Waals surface area contributed by atoms with Gasteiger partial charge in [-0.1, -0.05) is 31.9 Å². The Morgan fingerprint density at radius 3 is 2.88 bits per heavy atom. The van der Waals surface area contributed by atoms with E-state index < -0.39 is 0 Å². The largest absolute Gasteiger partial charge is 0.370 e. The molecule has 1 saturated carbocycles. The number of halogens is 1. The Kier molecular flexibility index (Phi) is 7.08. The maximum absolute atomic E-state index is 5.98. The highest BCUT2D eigenvalue weighted by Gasteiger charge is 2.17. The number of anilines is 1. The van der Waals surface area contributed by atoms with Crippen molar-refractivity contribution in [3.63, 3.8) is 0 Å². The smallest absolute Gasteiger partial charge is 0.193 e. The van der Waals surface area contributed by atoms with E-state index in [1.165, 1.54) is 31.2 Å². The summed E-state index contributed by atoms with van der Waals surface area (Å²) in [5.41, 5.74) is 9.19. The highest BCUT2D eigenvalue weighted by Crippen LogP contribution is 2.28. The number of rotatable bonds is 5. The fourth-order valence-electron chi connectivity index (χ4n) is 3.06. The molecule has 5 nitrogen and oxygen atoms in total. The van der Waals surface area contributed by atoms with Gasteiger partial charge in [-0.2, -0.15) is 5.10 Å². The van der Waals surface area contributed by atoms with Gasteiger partial charge in [-0.05, 0) is 43.0 Å². The van der Waals surface area contributed by atoms with E-state index in [4.69, 9.17) is 5.73 Å². The van der Waals surface area contributed by atoms with Crippen LogP contribution in [0, 0.1) is 0 Å². The van der Waals surface area contributed by atoms with Crippen LogP contribution in [0.15, 0.2) is 41.5 Å². The van der Waals surface area contributed by atoms with Crippen LogP contribution in [0.1, 0.15) is 49.9 Å². The van der Waals surface area contributed by atoms with Gasteiger partial charge in [0.15, 0.2) is 5.96 Å². The molecule has 2 aromatic rings. The fourth-order valence-corrected chi connectivity index (χ4v) is 3.06. The number of hydrogen-bond donors (Lipinski definition) is 2. The topological polar surface area (TPSA) is 68.2 Å². The zero-order valence-electron chi connectivity index (χ0n) is 14.1. The summed E-state index contributed by atoms with van der Waals surface area (Å²) in [6, 6.07) is 10.8. The minimum Gasteiger partial charge on any atom is -0.370 e. The van der Waals surface area contributed by atoms with Crippen molar-refractivity contribution >= 4 is 35.6 Å². The zero-order chi connectivity index (χ0) is 16.1. The molecular formula is C18H26IN5. The van der Waals surface area contributed by atoms with Gasteiger partial charge in [-0.3, -0.25) is 4.68 Å². The quantitative estimate of drug-likeness (QED) is 0.419. The van der Waals surface area contributed by atoms with Gasteiger partial charge >= 0.3 is 0 Å². The van der Waals surface area contributed by atoms with Crippen molar-refractivity contribution < 1.29 is 0 Å².